The fourth-order valence-corrected chi connectivity index (χ4v) is 4.19. The minimum absolute atomic E-state index is 0.394. The van der Waals surface area contributed by atoms with Gasteiger partial charge >= 0.3 is 0 Å². The van der Waals surface area contributed by atoms with Crippen LogP contribution in [0, 0.1) is 11.8 Å². The van der Waals surface area contributed by atoms with Crippen LogP contribution in [0.4, 0.5) is 0 Å². The summed E-state index contributed by atoms with van der Waals surface area (Å²) in [6.45, 7) is 0. The third-order valence-corrected chi connectivity index (χ3v) is 4.95. The molecular formula is C11H18O2. The molecule has 0 saturated heterocycles. The molecule has 4 unspecified atom stereocenters. The highest BCUT2D eigenvalue weighted by Gasteiger charge is 2.66. The van der Waals surface area contributed by atoms with Gasteiger partial charge in [0, 0.05) is 0 Å². The van der Waals surface area contributed by atoms with E-state index in [1.165, 1.54) is 6.42 Å². The van der Waals surface area contributed by atoms with Gasteiger partial charge in [-0.1, -0.05) is 6.42 Å². The maximum absolute atomic E-state index is 10.5. The summed E-state index contributed by atoms with van der Waals surface area (Å²) in [4.78, 5) is 0. The summed E-state index contributed by atoms with van der Waals surface area (Å²) in [7, 11) is 0. The van der Waals surface area contributed by atoms with Gasteiger partial charge in [0.05, 0.1) is 11.2 Å². The van der Waals surface area contributed by atoms with Crippen molar-refractivity contribution in [3.63, 3.8) is 0 Å². The van der Waals surface area contributed by atoms with Crippen LogP contribution in [0.1, 0.15) is 44.9 Å². The normalized spacial score (nSPS) is 59.5. The monoisotopic (exact) mass is 182 g/mol. The Morgan fingerprint density at radius 1 is 0.769 bits per heavy atom. The molecule has 0 aromatic heterocycles. The zero-order valence-corrected chi connectivity index (χ0v) is 8.00. The van der Waals surface area contributed by atoms with Crippen molar-refractivity contribution in [2.45, 2.75) is 56.1 Å². The Morgan fingerprint density at radius 2 is 1.23 bits per heavy atom. The molecule has 0 radical (unpaired) electrons. The second-order valence-electron chi connectivity index (χ2n) is 5.25. The molecule has 0 aromatic rings. The van der Waals surface area contributed by atoms with E-state index in [2.05, 4.69) is 0 Å². The van der Waals surface area contributed by atoms with E-state index in [9.17, 15) is 10.2 Å². The van der Waals surface area contributed by atoms with Gasteiger partial charge in [0.1, 0.15) is 0 Å². The third-order valence-electron chi connectivity index (χ3n) is 4.95. The fraction of sp³-hybridized carbons (Fsp3) is 1.00. The summed E-state index contributed by atoms with van der Waals surface area (Å²) >= 11 is 0. The Balaban J connectivity index is 2.09. The van der Waals surface area contributed by atoms with Crippen molar-refractivity contribution in [1.82, 2.24) is 0 Å². The Kier molecular flexibility index (Phi) is 1.45. The van der Waals surface area contributed by atoms with Crippen LogP contribution < -0.4 is 0 Å². The molecule has 4 atom stereocenters. The van der Waals surface area contributed by atoms with Crippen LogP contribution in [0.15, 0.2) is 0 Å². The van der Waals surface area contributed by atoms with Crippen LogP contribution in [-0.4, -0.2) is 21.4 Å². The summed E-state index contributed by atoms with van der Waals surface area (Å²) in [5, 5.41) is 21.0. The summed E-state index contributed by atoms with van der Waals surface area (Å²) in [6, 6.07) is 0. The number of hydrogen-bond acceptors (Lipinski definition) is 2. The van der Waals surface area contributed by atoms with Gasteiger partial charge in [-0.05, 0) is 50.4 Å². The molecule has 2 nitrogen and oxygen atoms in total. The smallest absolute Gasteiger partial charge is 0.0964 e. The Labute approximate surface area is 79.0 Å². The van der Waals surface area contributed by atoms with Gasteiger partial charge in [-0.3, -0.25) is 0 Å². The quantitative estimate of drug-likeness (QED) is 0.595. The molecule has 0 amide bonds. The minimum Gasteiger partial charge on any atom is -0.387 e. The first-order valence-corrected chi connectivity index (χ1v) is 5.61. The summed E-state index contributed by atoms with van der Waals surface area (Å²) in [5.41, 5.74) is -1.40. The molecule has 0 aliphatic heterocycles. The van der Waals surface area contributed by atoms with Crippen LogP contribution in [0.2, 0.25) is 0 Å². The van der Waals surface area contributed by atoms with Gasteiger partial charge in [0.25, 0.3) is 0 Å². The fourth-order valence-electron chi connectivity index (χ4n) is 4.19. The molecule has 0 heterocycles. The number of rotatable bonds is 0. The standard InChI is InChI=1S/C11H18O2/c12-10-7-5-9-3-1-2-8(10)4-6-11(9,10)13/h8-9,12-13H,1-7H2. The lowest BCUT2D eigenvalue weighted by molar-refractivity contribution is -0.141. The van der Waals surface area contributed by atoms with Crippen molar-refractivity contribution >= 4 is 0 Å². The van der Waals surface area contributed by atoms with E-state index in [4.69, 9.17) is 0 Å². The largest absolute Gasteiger partial charge is 0.387 e. The molecule has 4 bridgehead atoms. The Bertz CT molecular complexity index is 212. The molecule has 0 spiro atoms. The highest BCUT2D eigenvalue weighted by molar-refractivity contribution is 5.17. The first-order valence-electron chi connectivity index (χ1n) is 5.61. The predicted molar refractivity (Wildman–Crippen MR) is 49.2 cm³/mol. The summed E-state index contributed by atoms with van der Waals surface area (Å²) in [6.07, 6.45) is 7.26. The highest BCUT2D eigenvalue weighted by atomic mass is 16.4. The van der Waals surface area contributed by atoms with Crippen LogP contribution >= 0.6 is 0 Å². The van der Waals surface area contributed by atoms with E-state index in [1.54, 1.807) is 0 Å². The molecule has 3 fully saturated rings. The molecule has 74 valence electrons. The van der Waals surface area contributed by atoms with Crippen molar-refractivity contribution < 1.29 is 10.2 Å². The van der Waals surface area contributed by atoms with E-state index < -0.39 is 11.2 Å². The minimum atomic E-state index is -0.700. The van der Waals surface area contributed by atoms with E-state index >= 15 is 0 Å². The maximum Gasteiger partial charge on any atom is 0.0964 e. The van der Waals surface area contributed by atoms with E-state index in [-0.39, 0.29) is 0 Å². The van der Waals surface area contributed by atoms with Gasteiger partial charge in [0.2, 0.25) is 0 Å². The SMILES string of the molecule is OC12CCC3CCCC1CCC32O. The van der Waals surface area contributed by atoms with Crippen LogP contribution in [0.5, 0.6) is 0 Å². The lowest BCUT2D eigenvalue weighted by atomic mass is 9.81. The summed E-state index contributed by atoms with van der Waals surface area (Å²) in [5.74, 6) is 0.787. The second kappa shape index (κ2) is 2.29. The molecule has 2 N–H and O–H groups in total. The van der Waals surface area contributed by atoms with Crippen LogP contribution in [-0.2, 0) is 0 Å². The van der Waals surface area contributed by atoms with Crippen molar-refractivity contribution in [1.29, 1.82) is 0 Å². The lowest BCUT2D eigenvalue weighted by Gasteiger charge is -2.36. The van der Waals surface area contributed by atoms with Crippen molar-refractivity contribution in [3.05, 3.63) is 0 Å². The maximum atomic E-state index is 10.5. The van der Waals surface area contributed by atoms with E-state index in [1.807, 2.05) is 0 Å². The molecule has 3 rings (SSSR count). The van der Waals surface area contributed by atoms with E-state index in [0.717, 1.165) is 38.5 Å². The first-order chi connectivity index (χ1) is 6.17. The van der Waals surface area contributed by atoms with Gasteiger partial charge in [-0.15, -0.1) is 0 Å². The van der Waals surface area contributed by atoms with Gasteiger partial charge in [0.15, 0.2) is 0 Å². The third kappa shape index (κ3) is 0.774. The van der Waals surface area contributed by atoms with Crippen LogP contribution in [0.3, 0.4) is 0 Å². The molecule has 3 aliphatic carbocycles. The van der Waals surface area contributed by atoms with E-state index in [0.29, 0.717) is 11.8 Å². The van der Waals surface area contributed by atoms with Gasteiger partial charge in [-0.2, -0.15) is 0 Å². The number of aliphatic hydroxyl groups is 2. The zero-order chi connectivity index (χ0) is 9.10. The van der Waals surface area contributed by atoms with Crippen molar-refractivity contribution in [3.8, 4) is 0 Å². The predicted octanol–water partition coefficient (Wildman–Crippen LogP) is 1.45. The van der Waals surface area contributed by atoms with Gasteiger partial charge in [-0.25, -0.2) is 0 Å². The molecule has 3 saturated carbocycles. The topological polar surface area (TPSA) is 40.5 Å². The first kappa shape index (κ1) is 8.25. The van der Waals surface area contributed by atoms with Crippen molar-refractivity contribution in [2.24, 2.45) is 11.8 Å². The Morgan fingerprint density at radius 3 is 1.69 bits per heavy atom. The average molecular weight is 182 g/mol. The lowest BCUT2D eigenvalue weighted by Crippen LogP contribution is -2.51. The van der Waals surface area contributed by atoms with Gasteiger partial charge < -0.3 is 10.2 Å². The average Bonchev–Trinajstić information content (AvgIpc) is 2.37. The Hall–Kier alpha value is -0.0800. The van der Waals surface area contributed by atoms with Crippen molar-refractivity contribution in [2.75, 3.05) is 0 Å². The summed E-state index contributed by atoms with van der Waals surface area (Å²) < 4.78 is 0. The molecule has 0 aromatic carbocycles. The molecular weight excluding hydrogens is 164 g/mol. The highest BCUT2D eigenvalue weighted by Crippen LogP contribution is 2.60. The second-order valence-corrected chi connectivity index (χ2v) is 5.25. The molecule has 3 aliphatic rings. The number of hydrogen-bond donors (Lipinski definition) is 2. The van der Waals surface area contributed by atoms with Crippen LogP contribution in [0.25, 0.3) is 0 Å². The molecule has 13 heavy (non-hydrogen) atoms. The molecule has 2 heteroatoms. The zero-order valence-electron chi connectivity index (χ0n) is 8.00.